The van der Waals surface area contributed by atoms with Crippen LogP contribution in [-0.4, -0.2) is 48.1 Å². The summed E-state index contributed by atoms with van der Waals surface area (Å²) in [5, 5.41) is 13.3. The van der Waals surface area contributed by atoms with Gasteiger partial charge in [-0.1, -0.05) is 37.0 Å². The molecule has 5 aromatic rings. The van der Waals surface area contributed by atoms with Crippen molar-refractivity contribution < 1.29 is 49.1 Å². The lowest BCUT2D eigenvalue weighted by molar-refractivity contribution is -0.174. The van der Waals surface area contributed by atoms with Gasteiger partial charge in [0.1, 0.15) is 11.6 Å². The highest BCUT2D eigenvalue weighted by molar-refractivity contribution is 6.31. The molecule has 59 heavy (non-hydrogen) atoms. The fourth-order valence-electron chi connectivity index (χ4n) is 5.86. The van der Waals surface area contributed by atoms with Gasteiger partial charge in [-0.2, -0.15) is 26.3 Å². The topological polar surface area (TPSA) is 173 Å². The first-order valence-corrected chi connectivity index (χ1v) is 18.3. The predicted molar refractivity (Wildman–Crippen MR) is 196 cm³/mol. The third-order valence-corrected chi connectivity index (χ3v) is 9.50. The van der Waals surface area contributed by atoms with Crippen LogP contribution in [0.25, 0.3) is 11.5 Å². The molecule has 3 heterocycles. The largest absolute Gasteiger partial charge is 0.472 e. The van der Waals surface area contributed by atoms with Crippen molar-refractivity contribution in [2.24, 2.45) is 0 Å². The van der Waals surface area contributed by atoms with Gasteiger partial charge in [0, 0.05) is 46.0 Å². The van der Waals surface area contributed by atoms with Crippen LogP contribution in [-0.2, 0) is 22.0 Å². The van der Waals surface area contributed by atoms with Crippen molar-refractivity contribution in [3.63, 3.8) is 0 Å². The summed E-state index contributed by atoms with van der Waals surface area (Å²) in [5.41, 5.74) is 2.15. The molecule has 2 saturated carbocycles. The minimum Gasteiger partial charge on any atom is -0.413 e. The molecule has 314 valence electrons. The first kappa shape index (κ1) is 44.4. The van der Waals surface area contributed by atoms with Crippen LogP contribution in [0.5, 0.6) is 0 Å². The van der Waals surface area contributed by atoms with E-state index in [2.05, 4.69) is 45.2 Å². The Labute approximate surface area is 339 Å². The van der Waals surface area contributed by atoms with Crippen LogP contribution in [0.4, 0.5) is 47.0 Å². The smallest absolute Gasteiger partial charge is 0.413 e. The number of nitrogens with zero attached hydrogens (tertiary/aromatic N) is 6. The quantitative estimate of drug-likeness (QED) is 0.0866. The van der Waals surface area contributed by atoms with Crippen LogP contribution in [0.15, 0.2) is 65.6 Å². The Balaban J connectivity index is 0.000000215. The summed E-state index contributed by atoms with van der Waals surface area (Å²) in [6.45, 7) is 4.00. The van der Waals surface area contributed by atoms with Crippen LogP contribution in [0, 0.1) is 11.6 Å². The van der Waals surface area contributed by atoms with Gasteiger partial charge in [0.05, 0.1) is 22.2 Å². The number of aromatic nitrogens is 6. The van der Waals surface area contributed by atoms with E-state index in [0.717, 1.165) is 25.2 Å². The molecule has 2 aliphatic carbocycles. The van der Waals surface area contributed by atoms with Gasteiger partial charge in [0.25, 0.3) is 11.8 Å². The molecule has 2 amide bonds. The summed E-state index contributed by atoms with van der Waals surface area (Å²) in [7, 11) is 0. The molecule has 0 bridgehead atoms. The van der Waals surface area contributed by atoms with Gasteiger partial charge in [-0.15, -0.1) is 10.2 Å². The normalized spacial score (nSPS) is 15.1. The minimum absolute atomic E-state index is 0.0972. The van der Waals surface area contributed by atoms with E-state index in [9.17, 15) is 44.7 Å². The highest BCUT2D eigenvalue weighted by atomic mass is 35.5. The Morgan fingerprint density at radius 2 is 1.15 bits per heavy atom. The molecule has 4 N–H and O–H groups in total. The van der Waals surface area contributed by atoms with Crippen molar-refractivity contribution in [2.75, 3.05) is 10.6 Å². The summed E-state index contributed by atoms with van der Waals surface area (Å²) in [4.78, 5) is 38.6. The maximum Gasteiger partial charge on any atom is 0.472 e. The Hall–Kier alpha value is -5.70. The Morgan fingerprint density at radius 3 is 1.54 bits per heavy atom. The Morgan fingerprint density at radius 1 is 0.695 bits per heavy atom. The van der Waals surface area contributed by atoms with Crippen molar-refractivity contribution in [3.8, 4) is 11.5 Å². The van der Waals surface area contributed by atoms with E-state index in [-0.39, 0.29) is 28.9 Å². The van der Waals surface area contributed by atoms with Crippen molar-refractivity contribution in [3.05, 3.63) is 105 Å². The van der Waals surface area contributed by atoms with Gasteiger partial charge in [-0.3, -0.25) is 20.4 Å². The second-order valence-electron chi connectivity index (χ2n) is 12.8. The third kappa shape index (κ3) is 10.5. The number of rotatable bonds is 8. The zero-order valence-corrected chi connectivity index (χ0v) is 32.2. The maximum absolute atomic E-state index is 14.3. The molecule has 0 atom stereocenters. The molecule has 0 spiro atoms. The molecular weight excluding hydrogens is 843 g/mol. The molecule has 13 nitrogen and oxygen atoms in total. The fourth-order valence-corrected chi connectivity index (χ4v) is 6.21. The zero-order valence-electron chi connectivity index (χ0n) is 30.7. The number of anilines is 2. The number of nitrogens with one attached hydrogen (secondary N) is 4. The summed E-state index contributed by atoms with van der Waals surface area (Å²) >= 11 is 12.0. The van der Waals surface area contributed by atoms with E-state index >= 15 is 0 Å². The third-order valence-electron chi connectivity index (χ3n) is 9.03. The molecule has 2 aliphatic rings. The molecule has 2 aromatic carbocycles. The van der Waals surface area contributed by atoms with Gasteiger partial charge in [0.2, 0.25) is 11.9 Å². The SMILES string of the molecule is CC.Fc1ccc(Cl)cc1C1(Nc2ncc(-c3nnc(C(F)(F)F)o3)cn2)CCC1.O=C(NNC(=O)C(F)(F)F)c1cnc(NC2(c3cc(Cl)ccc3F)CCC2)nc1. The molecule has 0 unspecified atom stereocenters. The van der Waals surface area contributed by atoms with E-state index in [1.165, 1.54) is 48.2 Å². The number of carbonyl (C=O) groups excluding carboxylic acids is 2. The number of hydrogen-bond donors (Lipinski definition) is 4. The summed E-state index contributed by atoms with van der Waals surface area (Å²) in [6, 6.07) is 8.56. The number of alkyl halides is 6. The van der Waals surface area contributed by atoms with Crippen LogP contribution < -0.4 is 21.5 Å². The monoisotopic (exact) mass is 874 g/mol. The van der Waals surface area contributed by atoms with Gasteiger partial charge in [-0.25, -0.2) is 28.7 Å². The van der Waals surface area contributed by atoms with Gasteiger partial charge >= 0.3 is 24.2 Å². The number of carbonyl (C=O) groups is 2. The number of hydrazine groups is 1. The van der Waals surface area contributed by atoms with Crippen LogP contribution in [0.3, 0.4) is 0 Å². The van der Waals surface area contributed by atoms with E-state index in [1.807, 2.05) is 13.8 Å². The highest BCUT2D eigenvalue weighted by Crippen LogP contribution is 2.46. The Kier molecular flexibility index (Phi) is 13.6. The average Bonchev–Trinajstić information content (AvgIpc) is 3.69. The summed E-state index contributed by atoms with van der Waals surface area (Å²) in [6.07, 6.45) is -0.961. The fraction of sp³-hybridized carbons (Fsp3) is 0.333. The van der Waals surface area contributed by atoms with Gasteiger partial charge < -0.3 is 15.1 Å². The zero-order chi connectivity index (χ0) is 43.2. The van der Waals surface area contributed by atoms with Gasteiger partial charge in [-0.05, 0) is 74.9 Å². The van der Waals surface area contributed by atoms with Gasteiger partial charge in [0.15, 0.2) is 0 Å². The van der Waals surface area contributed by atoms with E-state index in [0.29, 0.717) is 46.9 Å². The number of benzene rings is 2. The first-order chi connectivity index (χ1) is 27.9. The minimum atomic E-state index is -5.13. The summed E-state index contributed by atoms with van der Waals surface area (Å²) < 4.78 is 107. The standard InChI is InChI=1S/C17H14ClF4N5O2.C17H12ClF4N5O.C2H6/c18-10-2-3-12(19)11(6-10)16(4-1-5-16)25-15-23-7-9(8-24-15)13(28)26-27-14(29)17(20,21)22;18-10-2-3-12(19)11(6-10)16(4-1-5-16)25-15-23-7-9(8-24-15)13-26-27-14(28-13)17(20,21)22;1-2/h2-3,6-8H,1,4-5H2,(H,26,28)(H,27,29)(H,23,24,25);2-3,6-8H,1,4-5H2,(H,23,24,25);1-2H3. The first-order valence-electron chi connectivity index (χ1n) is 17.6. The lowest BCUT2D eigenvalue weighted by Crippen LogP contribution is -2.47. The molecule has 0 aliphatic heterocycles. The number of halogens is 10. The van der Waals surface area contributed by atoms with E-state index in [4.69, 9.17) is 23.2 Å². The van der Waals surface area contributed by atoms with Crippen molar-refractivity contribution in [2.45, 2.75) is 75.8 Å². The molecule has 23 heteroatoms. The van der Waals surface area contributed by atoms with Crippen LogP contribution in [0.1, 0.15) is 79.7 Å². The van der Waals surface area contributed by atoms with E-state index in [1.54, 1.807) is 11.5 Å². The van der Waals surface area contributed by atoms with Crippen molar-refractivity contribution in [1.29, 1.82) is 0 Å². The molecule has 3 aromatic heterocycles. The second kappa shape index (κ2) is 18.1. The number of amides is 2. The Bertz CT molecular complexity index is 2250. The van der Waals surface area contributed by atoms with Crippen LogP contribution >= 0.6 is 23.2 Å². The molecule has 2 fully saturated rings. The molecule has 0 saturated heterocycles. The lowest BCUT2D eigenvalue weighted by atomic mass is 9.71. The van der Waals surface area contributed by atoms with E-state index < -0.39 is 52.8 Å². The second-order valence-corrected chi connectivity index (χ2v) is 13.6. The lowest BCUT2D eigenvalue weighted by Gasteiger charge is -2.43. The number of hydrogen-bond acceptors (Lipinski definition) is 11. The molecule has 7 rings (SSSR count). The molecular formula is C36H32Cl2F8N10O3. The maximum atomic E-state index is 14.3. The molecule has 0 radical (unpaired) electrons. The van der Waals surface area contributed by atoms with Crippen molar-refractivity contribution in [1.82, 2.24) is 41.0 Å². The van der Waals surface area contributed by atoms with Crippen molar-refractivity contribution >= 4 is 46.9 Å². The summed E-state index contributed by atoms with van der Waals surface area (Å²) in [5.74, 6) is -5.68. The van der Waals surface area contributed by atoms with Crippen LogP contribution in [0.2, 0.25) is 10.0 Å². The highest BCUT2D eigenvalue weighted by Gasteiger charge is 2.43. The predicted octanol–water partition coefficient (Wildman–Crippen LogP) is 8.94. The average molecular weight is 876 g/mol.